The highest BCUT2D eigenvalue weighted by Crippen LogP contribution is 2.31. The van der Waals surface area contributed by atoms with Crippen molar-refractivity contribution in [3.63, 3.8) is 0 Å². The zero-order chi connectivity index (χ0) is 13.8. The van der Waals surface area contributed by atoms with E-state index in [0.29, 0.717) is 4.99 Å². The number of nitrogens with two attached hydrogens (primary N) is 1. The summed E-state index contributed by atoms with van der Waals surface area (Å²) in [5, 5.41) is 0. The lowest BCUT2D eigenvalue weighted by Gasteiger charge is -2.34. The average Bonchev–Trinajstić information content (AvgIpc) is 2.37. The second-order valence-corrected chi connectivity index (χ2v) is 5.52. The van der Waals surface area contributed by atoms with Gasteiger partial charge in [0.05, 0.1) is 12.8 Å². The molecule has 19 heavy (non-hydrogen) atoms. The van der Waals surface area contributed by atoms with Gasteiger partial charge >= 0.3 is 0 Å². The molecular formula is C15H22N2OS. The van der Waals surface area contributed by atoms with Crippen LogP contribution in [0, 0.1) is 5.92 Å². The van der Waals surface area contributed by atoms with E-state index >= 15 is 0 Å². The van der Waals surface area contributed by atoms with E-state index in [1.165, 1.54) is 19.3 Å². The third-order valence-corrected chi connectivity index (χ3v) is 4.12. The van der Waals surface area contributed by atoms with E-state index in [1.54, 1.807) is 7.11 Å². The second kappa shape index (κ2) is 6.24. The van der Waals surface area contributed by atoms with E-state index < -0.39 is 0 Å². The maximum absolute atomic E-state index is 5.84. The summed E-state index contributed by atoms with van der Waals surface area (Å²) in [6.07, 6.45) is 4.04. The molecule has 0 aliphatic heterocycles. The van der Waals surface area contributed by atoms with Gasteiger partial charge in [0.1, 0.15) is 10.7 Å². The van der Waals surface area contributed by atoms with Gasteiger partial charge in [0, 0.05) is 24.7 Å². The zero-order valence-electron chi connectivity index (χ0n) is 11.7. The largest absolute Gasteiger partial charge is 0.497 e. The van der Waals surface area contributed by atoms with Gasteiger partial charge in [0.25, 0.3) is 0 Å². The molecule has 1 fully saturated rings. The molecular weight excluding hydrogens is 256 g/mol. The lowest BCUT2D eigenvalue weighted by atomic mass is 9.85. The van der Waals surface area contributed by atoms with Crippen molar-refractivity contribution in [2.45, 2.75) is 26.2 Å². The van der Waals surface area contributed by atoms with Crippen LogP contribution < -0.4 is 15.4 Å². The number of benzene rings is 1. The van der Waals surface area contributed by atoms with E-state index in [4.69, 9.17) is 22.7 Å². The topological polar surface area (TPSA) is 38.5 Å². The molecule has 1 aliphatic carbocycles. The van der Waals surface area contributed by atoms with Crippen LogP contribution in [-0.2, 0) is 0 Å². The Morgan fingerprint density at radius 3 is 2.68 bits per heavy atom. The molecule has 0 spiro atoms. The van der Waals surface area contributed by atoms with Crippen molar-refractivity contribution in [3.8, 4) is 5.75 Å². The molecule has 1 aromatic carbocycles. The molecule has 1 saturated carbocycles. The fraction of sp³-hybridized carbons (Fsp3) is 0.533. The number of methoxy groups -OCH3 is 1. The lowest BCUT2D eigenvalue weighted by Crippen LogP contribution is -2.33. The van der Waals surface area contributed by atoms with Gasteiger partial charge in [-0.1, -0.05) is 18.6 Å². The van der Waals surface area contributed by atoms with Crippen LogP contribution in [0.3, 0.4) is 0 Å². The lowest BCUT2D eigenvalue weighted by molar-refractivity contribution is 0.318. The Kier molecular flexibility index (Phi) is 4.64. The molecule has 0 aromatic heterocycles. The van der Waals surface area contributed by atoms with Crippen LogP contribution in [0.5, 0.6) is 5.75 Å². The Hall–Kier alpha value is -1.29. The molecule has 1 aromatic rings. The third kappa shape index (κ3) is 3.18. The Labute approximate surface area is 120 Å². The minimum Gasteiger partial charge on any atom is -0.497 e. The summed E-state index contributed by atoms with van der Waals surface area (Å²) >= 11 is 5.16. The van der Waals surface area contributed by atoms with Crippen molar-refractivity contribution in [1.82, 2.24) is 0 Å². The van der Waals surface area contributed by atoms with Gasteiger partial charge in [-0.2, -0.15) is 0 Å². The second-order valence-electron chi connectivity index (χ2n) is 5.08. The smallest absolute Gasteiger partial charge is 0.120 e. The molecule has 0 saturated heterocycles. The van der Waals surface area contributed by atoms with Crippen LogP contribution in [0.15, 0.2) is 18.2 Å². The number of anilines is 1. The number of nitrogens with zero attached hydrogens (tertiary/aromatic N) is 1. The molecule has 0 radical (unpaired) electrons. The van der Waals surface area contributed by atoms with Gasteiger partial charge in [0.15, 0.2) is 0 Å². The quantitative estimate of drug-likeness (QED) is 0.812. The summed E-state index contributed by atoms with van der Waals surface area (Å²) in [6, 6.07) is 5.91. The van der Waals surface area contributed by atoms with Crippen LogP contribution in [0.1, 0.15) is 31.7 Å². The molecule has 3 nitrogen and oxygen atoms in total. The van der Waals surface area contributed by atoms with E-state index in [2.05, 4.69) is 11.8 Å². The predicted octanol–water partition coefficient (Wildman–Crippen LogP) is 2.96. The highest BCUT2D eigenvalue weighted by atomic mass is 32.1. The van der Waals surface area contributed by atoms with Crippen molar-refractivity contribution in [1.29, 1.82) is 0 Å². The minimum atomic E-state index is 0.449. The Morgan fingerprint density at radius 1 is 1.47 bits per heavy atom. The van der Waals surface area contributed by atoms with Gasteiger partial charge in [-0.05, 0) is 37.8 Å². The fourth-order valence-electron chi connectivity index (χ4n) is 2.49. The molecule has 4 heteroatoms. The summed E-state index contributed by atoms with van der Waals surface area (Å²) in [5.74, 6) is 1.66. The fourth-order valence-corrected chi connectivity index (χ4v) is 2.67. The number of hydrogen-bond acceptors (Lipinski definition) is 3. The Balaban J connectivity index is 2.29. The SMILES string of the molecule is CCN(CC1CCC1)c1cc(OC)ccc1C(N)=S. The molecule has 1 aliphatic rings. The molecule has 0 bridgehead atoms. The molecule has 104 valence electrons. The van der Waals surface area contributed by atoms with Crippen molar-refractivity contribution in [2.24, 2.45) is 11.7 Å². The van der Waals surface area contributed by atoms with Gasteiger partial charge in [-0.25, -0.2) is 0 Å². The first-order valence-corrected chi connectivity index (χ1v) is 7.29. The molecule has 2 rings (SSSR count). The molecule has 0 amide bonds. The normalized spacial score (nSPS) is 14.8. The maximum atomic E-state index is 5.84. The minimum absolute atomic E-state index is 0.449. The van der Waals surface area contributed by atoms with Crippen molar-refractivity contribution in [3.05, 3.63) is 23.8 Å². The molecule has 2 N–H and O–H groups in total. The van der Waals surface area contributed by atoms with Crippen LogP contribution in [-0.4, -0.2) is 25.2 Å². The van der Waals surface area contributed by atoms with Crippen molar-refractivity contribution in [2.75, 3.05) is 25.1 Å². The molecule has 0 unspecified atom stereocenters. The predicted molar refractivity (Wildman–Crippen MR) is 84.1 cm³/mol. The van der Waals surface area contributed by atoms with Gasteiger partial charge in [-0.15, -0.1) is 0 Å². The number of thiocarbonyl (C=S) groups is 1. The monoisotopic (exact) mass is 278 g/mol. The van der Waals surface area contributed by atoms with Gasteiger partial charge in [0.2, 0.25) is 0 Å². The summed E-state index contributed by atoms with van der Waals surface area (Å²) in [5.41, 5.74) is 7.88. The highest BCUT2D eigenvalue weighted by Gasteiger charge is 2.22. The van der Waals surface area contributed by atoms with Crippen LogP contribution >= 0.6 is 12.2 Å². The first-order chi connectivity index (χ1) is 9.15. The van der Waals surface area contributed by atoms with E-state index in [9.17, 15) is 0 Å². The summed E-state index contributed by atoms with van der Waals surface area (Å²) < 4.78 is 5.32. The number of ether oxygens (including phenoxy) is 1. The van der Waals surface area contributed by atoms with E-state index in [-0.39, 0.29) is 0 Å². The van der Waals surface area contributed by atoms with Crippen LogP contribution in [0.2, 0.25) is 0 Å². The first-order valence-electron chi connectivity index (χ1n) is 6.88. The van der Waals surface area contributed by atoms with Crippen LogP contribution in [0.4, 0.5) is 5.69 Å². The van der Waals surface area contributed by atoms with Crippen molar-refractivity contribution < 1.29 is 4.74 Å². The first kappa shape index (κ1) is 14.1. The Bertz CT molecular complexity index is 457. The van der Waals surface area contributed by atoms with Gasteiger partial charge < -0.3 is 15.4 Å². The Morgan fingerprint density at radius 2 is 2.21 bits per heavy atom. The number of rotatable bonds is 6. The molecule has 0 heterocycles. The van der Waals surface area contributed by atoms with E-state index in [1.807, 2.05) is 18.2 Å². The number of hydrogen-bond donors (Lipinski definition) is 1. The summed E-state index contributed by atoms with van der Waals surface area (Å²) in [4.78, 5) is 2.81. The maximum Gasteiger partial charge on any atom is 0.120 e. The van der Waals surface area contributed by atoms with E-state index in [0.717, 1.165) is 36.0 Å². The summed E-state index contributed by atoms with van der Waals surface area (Å²) in [6.45, 7) is 4.21. The molecule has 0 atom stereocenters. The third-order valence-electron chi connectivity index (χ3n) is 3.90. The van der Waals surface area contributed by atoms with Crippen LogP contribution in [0.25, 0.3) is 0 Å². The van der Waals surface area contributed by atoms with Gasteiger partial charge in [-0.3, -0.25) is 0 Å². The standard InChI is InChI=1S/C15H22N2OS/c1-3-17(10-11-5-4-6-11)14-9-12(18-2)7-8-13(14)15(16)19/h7-9,11H,3-6,10H2,1-2H3,(H2,16,19). The summed E-state index contributed by atoms with van der Waals surface area (Å²) in [7, 11) is 1.68. The zero-order valence-corrected chi connectivity index (χ0v) is 12.5. The average molecular weight is 278 g/mol. The highest BCUT2D eigenvalue weighted by molar-refractivity contribution is 7.80. The van der Waals surface area contributed by atoms with Crippen molar-refractivity contribution >= 4 is 22.9 Å².